The van der Waals surface area contributed by atoms with E-state index in [9.17, 15) is 9.50 Å². The van der Waals surface area contributed by atoms with Crippen LogP contribution in [0.5, 0.6) is 5.75 Å². The molecule has 0 bridgehead atoms. The number of ether oxygens (including phenoxy) is 1. The third kappa shape index (κ3) is 2.99. The summed E-state index contributed by atoms with van der Waals surface area (Å²) < 4.78 is 19.6. The Morgan fingerprint density at radius 3 is 2.41 bits per heavy atom. The van der Waals surface area contributed by atoms with Gasteiger partial charge in [0.25, 0.3) is 0 Å². The van der Waals surface area contributed by atoms with Gasteiger partial charge >= 0.3 is 0 Å². The van der Waals surface area contributed by atoms with E-state index in [1.807, 2.05) is 13.8 Å². The molecule has 0 heterocycles. The van der Waals surface area contributed by atoms with Crippen molar-refractivity contribution >= 4 is 15.9 Å². The summed E-state index contributed by atoms with van der Waals surface area (Å²) in [6, 6.07) is 3.30. The number of hydrogen-bond acceptors (Lipinski definition) is 2. The first kappa shape index (κ1) is 14.5. The van der Waals surface area contributed by atoms with E-state index in [0.717, 1.165) is 12.8 Å². The number of methoxy groups -OCH3 is 1. The Morgan fingerprint density at radius 1 is 1.35 bits per heavy atom. The first-order chi connectivity index (χ1) is 8.06. The maximum absolute atomic E-state index is 14.1. The van der Waals surface area contributed by atoms with Crippen LogP contribution in [0, 0.1) is 11.7 Å². The fourth-order valence-electron chi connectivity index (χ4n) is 1.95. The maximum atomic E-state index is 14.1. The van der Waals surface area contributed by atoms with E-state index in [4.69, 9.17) is 4.74 Å². The quantitative estimate of drug-likeness (QED) is 0.888. The average Bonchev–Trinajstić information content (AvgIpc) is 2.31. The second-order valence-corrected chi connectivity index (χ2v) is 4.86. The van der Waals surface area contributed by atoms with Gasteiger partial charge in [-0.15, -0.1) is 0 Å². The SMILES string of the molecule is CCC(CC)C(O)c1ccc(Br)c(OC)c1F. The molecule has 4 heteroatoms. The minimum atomic E-state index is -0.785. The number of halogens is 2. The molecule has 2 nitrogen and oxygen atoms in total. The molecule has 0 spiro atoms. The molecule has 0 saturated carbocycles. The topological polar surface area (TPSA) is 29.5 Å². The Kier molecular flexibility index (Phi) is 5.40. The second-order valence-electron chi connectivity index (χ2n) is 4.01. The number of aliphatic hydroxyl groups excluding tert-OH is 1. The highest BCUT2D eigenvalue weighted by Gasteiger charge is 2.23. The van der Waals surface area contributed by atoms with Crippen LogP contribution in [0.3, 0.4) is 0 Å². The average molecular weight is 305 g/mol. The van der Waals surface area contributed by atoms with Gasteiger partial charge in [0, 0.05) is 5.56 Å². The molecular formula is C13H18BrFO2. The van der Waals surface area contributed by atoms with Crippen LogP contribution in [0.25, 0.3) is 0 Å². The van der Waals surface area contributed by atoms with Crippen molar-refractivity contribution in [1.82, 2.24) is 0 Å². The Bertz CT molecular complexity index is 378. The number of rotatable bonds is 5. The summed E-state index contributed by atoms with van der Waals surface area (Å²) in [4.78, 5) is 0. The normalized spacial score (nSPS) is 12.9. The molecule has 0 radical (unpaired) electrons. The molecule has 96 valence electrons. The number of aliphatic hydroxyl groups is 1. The summed E-state index contributed by atoms with van der Waals surface area (Å²) in [6.07, 6.45) is 0.845. The maximum Gasteiger partial charge on any atom is 0.172 e. The highest BCUT2D eigenvalue weighted by atomic mass is 79.9. The zero-order chi connectivity index (χ0) is 13.0. The molecule has 0 aliphatic heterocycles. The van der Waals surface area contributed by atoms with Crippen LogP contribution in [-0.2, 0) is 0 Å². The first-order valence-electron chi connectivity index (χ1n) is 5.76. The van der Waals surface area contributed by atoms with Crippen LogP contribution in [0.15, 0.2) is 16.6 Å². The molecule has 1 atom stereocenters. The Labute approximate surface area is 110 Å². The molecule has 0 amide bonds. The highest BCUT2D eigenvalue weighted by molar-refractivity contribution is 9.10. The summed E-state index contributed by atoms with van der Waals surface area (Å²) >= 11 is 3.22. The van der Waals surface area contributed by atoms with Gasteiger partial charge in [-0.1, -0.05) is 32.8 Å². The van der Waals surface area contributed by atoms with Crippen molar-refractivity contribution in [3.05, 3.63) is 28.0 Å². The van der Waals surface area contributed by atoms with Gasteiger partial charge in [0.2, 0.25) is 0 Å². The predicted molar refractivity (Wildman–Crippen MR) is 69.7 cm³/mol. The van der Waals surface area contributed by atoms with Crippen LogP contribution in [-0.4, -0.2) is 12.2 Å². The van der Waals surface area contributed by atoms with Crippen molar-refractivity contribution in [2.45, 2.75) is 32.8 Å². The van der Waals surface area contributed by atoms with E-state index >= 15 is 0 Å². The molecule has 0 aliphatic carbocycles. The molecule has 0 aliphatic rings. The first-order valence-corrected chi connectivity index (χ1v) is 6.55. The molecule has 1 aromatic rings. The van der Waals surface area contributed by atoms with Crippen LogP contribution in [0.4, 0.5) is 4.39 Å². The smallest absolute Gasteiger partial charge is 0.172 e. The summed E-state index contributed by atoms with van der Waals surface area (Å²) in [5.41, 5.74) is 0.304. The molecule has 1 unspecified atom stereocenters. The van der Waals surface area contributed by atoms with E-state index in [1.165, 1.54) is 7.11 Å². The minimum absolute atomic E-state index is 0.0652. The van der Waals surface area contributed by atoms with Gasteiger partial charge in [0.05, 0.1) is 17.7 Å². The second kappa shape index (κ2) is 6.36. The summed E-state index contributed by atoms with van der Waals surface area (Å²) in [6.45, 7) is 3.98. The molecule has 1 N–H and O–H groups in total. The molecular weight excluding hydrogens is 287 g/mol. The molecule has 1 aromatic carbocycles. The number of hydrogen-bond donors (Lipinski definition) is 1. The van der Waals surface area contributed by atoms with E-state index in [2.05, 4.69) is 15.9 Å². The lowest BCUT2D eigenvalue weighted by atomic mass is 9.91. The van der Waals surface area contributed by atoms with E-state index < -0.39 is 11.9 Å². The van der Waals surface area contributed by atoms with Crippen LogP contribution in [0.1, 0.15) is 38.4 Å². The largest absolute Gasteiger partial charge is 0.492 e. The molecule has 0 fully saturated rings. The van der Waals surface area contributed by atoms with Crippen LogP contribution < -0.4 is 4.74 Å². The monoisotopic (exact) mass is 304 g/mol. The van der Waals surface area contributed by atoms with Crippen LogP contribution >= 0.6 is 15.9 Å². The van der Waals surface area contributed by atoms with Crippen molar-refractivity contribution in [3.63, 3.8) is 0 Å². The van der Waals surface area contributed by atoms with Crippen LogP contribution in [0.2, 0.25) is 0 Å². The van der Waals surface area contributed by atoms with Crippen molar-refractivity contribution < 1.29 is 14.2 Å². The predicted octanol–water partition coefficient (Wildman–Crippen LogP) is 4.07. The lowest BCUT2D eigenvalue weighted by Gasteiger charge is -2.21. The number of benzene rings is 1. The van der Waals surface area contributed by atoms with Crippen molar-refractivity contribution in [1.29, 1.82) is 0 Å². The van der Waals surface area contributed by atoms with Gasteiger partial charge in [0.1, 0.15) is 0 Å². The van der Waals surface area contributed by atoms with E-state index in [1.54, 1.807) is 12.1 Å². The molecule has 0 saturated heterocycles. The molecule has 17 heavy (non-hydrogen) atoms. The highest BCUT2D eigenvalue weighted by Crippen LogP contribution is 2.36. The van der Waals surface area contributed by atoms with E-state index in [0.29, 0.717) is 10.0 Å². The van der Waals surface area contributed by atoms with Gasteiger partial charge in [-0.05, 0) is 27.9 Å². The third-order valence-electron chi connectivity index (χ3n) is 3.10. The summed E-state index contributed by atoms with van der Waals surface area (Å²) in [5, 5.41) is 10.2. The summed E-state index contributed by atoms with van der Waals surface area (Å²) in [7, 11) is 1.41. The van der Waals surface area contributed by atoms with Gasteiger partial charge < -0.3 is 9.84 Å². The lowest BCUT2D eigenvalue weighted by Crippen LogP contribution is -2.13. The minimum Gasteiger partial charge on any atom is -0.492 e. The van der Waals surface area contributed by atoms with Crippen molar-refractivity contribution in [3.8, 4) is 5.75 Å². The standard InChI is InChI=1S/C13H18BrFO2/c1-4-8(5-2)12(16)9-6-7-10(14)13(17-3)11(9)15/h6-8,12,16H,4-5H2,1-3H3. The van der Waals surface area contributed by atoms with Gasteiger partial charge in [-0.3, -0.25) is 0 Å². The Balaban J connectivity index is 3.14. The van der Waals surface area contributed by atoms with Gasteiger partial charge in [-0.2, -0.15) is 0 Å². The molecule has 1 rings (SSSR count). The Morgan fingerprint density at radius 2 is 1.94 bits per heavy atom. The fraction of sp³-hybridized carbons (Fsp3) is 0.538. The summed E-state index contributed by atoms with van der Waals surface area (Å²) in [5.74, 6) is -0.274. The fourth-order valence-corrected chi connectivity index (χ4v) is 2.42. The van der Waals surface area contributed by atoms with Gasteiger partial charge in [0.15, 0.2) is 11.6 Å². The zero-order valence-electron chi connectivity index (χ0n) is 10.3. The lowest BCUT2D eigenvalue weighted by molar-refractivity contribution is 0.0989. The molecule has 0 aromatic heterocycles. The van der Waals surface area contributed by atoms with E-state index in [-0.39, 0.29) is 11.7 Å². The van der Waals surface area contributed by atoms with Crippen molar-refractivity contribution in [2.75, 3.05) is 7.11 Å². The zero-order valence-corrected chi connectivity index (χ0v) is 11.9. The Hall–Kier alpha value is -0.610. The van der Waals surface area contributed by atoms with Gasteiger partial charge in [-0.25, -0.2) is 4.39 Å². The van der Waals surface area contributed by atoms with Crippen molar-refractivity contribution in [2.24, 2.45) is 5.92 Å². The third-order valence-corrected chi connectivity index (χ3v) is 3.72.